The number of aliphatic imine (C=N–C) groups is 1. The zero-order chi connectivity index (χ0) is 30.0. The van der Waals surface area contributed by atoms with Crippen molar-refractivity contribution in [2.45, 2.75) is 34.2 Å². The van der Waals surface area contributed by atoms with Gasteiger partial charge in [-0.1, -0.05) is 33.4 Å². The molecule has 0 aliphatic rings. The summed E-state index contributed by atoms with van der Waals surface area (Å²) >= 11 is 0. The first-order valence-electron chi connectivity index (χ1n) is 13.5. The number of nitrogens with one attached hydrogen (secondary N) is 4. The number of benzene rings is 2. The second-order valence-corrected chi connectivity index (χ2v) is 11.2. The fraction of sp³-hybridized carbons (Fsp3) is 0.219. The van der Waals surface area contributed by atoms with Crippen molar-refractivity contribution in [1.29, 1.82) is 0 Å². The number of nitrogens with zero attached hydrogens (tertiary/aromatic N) is 4. The highest BCUT2D eigenvalue weighted by Crippen LogP contribution is 2.32. The van der Waals surface area contributed by atoms with Crippen molar-refractivity contribution in [2.75, 3.05) is 7.05 Å². The Bertz CT molecular complexity index is 1870. The maximum absolute atomic E-state index is 14.4. The molecule has 3 heterocycles. The first kappa shape index (κ1) is 28.6. The average molecular weight is 565 g/mol. The van der Waals surface area contributed by atoms with Gasteiger partial charge in [-0.05, 0) is 66.6 Å². The zero-order valence-electron chi connectivity index (χ0n) is 24.3. The summed E-state index contributed by atoms with van der Waals surface area (Å²) < 4.78 is 14.4. The van der Waals surface area contributed by atoms with Crippen molar-refractivity contribution in [2.24, 2.45) is 10.4 Å². The van der Waals surface area contributed by atoms with Gasteiger partial charge in [-0.3, -0.25) is 19.9 Å². The van der Waals surface area contributed by atoms with Crippen LogP contribution in [-0.4, -0.2) is 44.3 Å². The van der Waals surface area contributed by atoms with Gasteiger partial charge in [-0.2, -0.15) is 5.10 Å². The second kappa shape index (κ2) is 11.5. The summed E-state index contributed by atoms with van der Waals surface area (Å²) in [4.78, 5) is 29.1. The number of hydrogen-bond donors (Lipinski definition) is 4. The molecule has 5 aromatic rings. The SMILES string of the molecule is C=C(/C=N\C=C(/C)c1ccc2[nH]nc(-c3nc4c(-c5cc(F)cc(CNC)c5)cncc4[nH]3)c2c1)NC(=O)C(C)(C)C. The molecule has 3 aromatic heterocycles. The predicted molar refractivity (Wildman–Crippen MR) is 166 cm³/mol. The summed E-state index contributed by atoms with van der Waals surface area (Å²) in [5, 5.41) is 14.3. The van der Waals surface area contributed by atoms with E-state index in [1.165, 1.54) is 18.3 Å². The summed E-state index contributed by atoms with van der Waals surface area (Å²) in [6.07, 6.45) is 6.64. The van der Waals surface area contributed by atoms with Gasteiger partial charge in [-0.15, -0.1) is 0 Å². The lowest BCUT2D eigenvalue weighted by atomic mass is 9.96. The van der Waals surface area contributed by atoms with Crippen LogP contribution in [-0.2, 0) is 11.3 Å². The molecule has 10 heteroatoms. The van der Waals surface area contributed by atoms with E-state index in [1.54, 1.807) is 18.6 Å². The van der Waals surface area contributed by atoms with Crippen LogP contribution in [0.5, 0.6) is 0 Å². The van der Waals surface area contributed by atoms with E-state index in [4.69, 9.17) is 4.98 Å². The van der Waals surface area contributed by atoms with E-state index in [0.717, 1.165) is 38.7 Å². The third kappa shape index (κ3) is 6.03. The van der Waals surface area contributed by atoms with Crippen molar-refractivity contribution < 1.29 is 9.18 Å². The molecule has 0 spiro atoms. The third-order valence-electron chi connectivity index (χ3n) is 6.74. The summed E-state index contributed by atoms with van der Waals surface area (Å²) in [6.45, 7) is 11.9. The van der Waals surface area contributed by atoms with Gasteiger partial charge in [0.15, 0.2) is 5.82 Å². The zero-order valence-corrected chi connectivity index (χ0v) is 24.3. The number of fused-ring (bicyclic) bond motifs is 2. The van der Waals surface area contributed by atoms with Crippen LogP contribution in [0.15, 0.2) is 72.3 Å². The number of rotatable bonds is 8. The minimum Gasteiger partial charge on any atom is -0.335 e. The number of pyridine rings is 1. The highest BCUT2D eigenvalue weighted by Gasteiger charge is 2.21. The maximum atomic E-state index is 14.4. The first-order chi connectivity index (χ1) is 20.0. The van der Waals surface area contributed by atoms with Gasteiger partial charge in [0.25, 0.3) is 0 Å². The van der Waals surface area contributed by atoms with Gasteiger partial charge in [-0.25, -0.2) is 9.37 Å². The van der Waals surface area contributed by atoms with Crippen LogP contribution < -0.4 is 10.6 Å². The number of imidazole rings is 1. The number of allylic oxidation sites excluding steroid dienone is 2. The number of aromatic amines is 2. The highest BCUT2D eigenvalue weighted by atomic mass is 19.1. The molecule has 0 unspecified atom stereocenters. The molecular weight excluding hydrogens is 531 g/mol. The molecule has 42 heavy (non-hydrogen) atoms. The Hall–Kier alpha value is -4.96. The summed E-state index contributed by atoms with van der Waals surface area (Å²) in [6, 6.07) is 10.9. The van der Waals surface area contributed by atoms with Gasteiger partial charge >= 0.3 is 0 Å². The number of hydrogen-bond acceptors (Lipinski definition) is 6. The predicted octanol–water partition coefficient (Wildman–Crippen LogP) is 6.13. The lowest BCUT2D eigenvalue weighted by molar-refractivity contribution is -0.127. The molecule has 0 radical (unpaired) electrons. The van der Waals surface area contributed by atoms with Gasteiger partial charge in [0.1, 0.15) is 11.5 Å². The molecule has 214 valence electrons. The van der Waals surface area contributed by atoms with E-state index in [2.05, 4.69) is 42.4 Å². The van der Waals surface area contributed by atoms with Crippen molar-refractivity contribution in [3.05, 3.63) is 84.2 Å². The van der Waals surface area contributed by atoms with E-state index in [0.29, 0.717) is 34.8 Å². The molecule has 1 amide bonds. The molecule has 0 aliphatic carbocycles. The molecule has 9 nitrogen and oxygen atoms in total. The largest absolute Gasteiger partial charge is 0.335 e. The molecular formula is C32H33FN8O. The van der Waals surface area contributed by atoms with Crippen molar-refractivity contribution in [1.82, 2.24) is 35.8 Å². The van der Waals surface area contributed by atoms with Gasteiger partial charge < -0.3 is 15.6 Å². The topological polar surface area (TPSA) is 124 Å². The van der Waals surface area contributed by atoms with E-state index >= 15 is 0 Å². The Balaban J connectivity index is 1.45. The maximum Gasteiger partial charge on any atom is 0.229 e. The summed E-state index contributed by atoms with van der Waals surface area (Å²) in [5.41, 5.74) is 6.92. The lowest BCUT2D eigenvalue weighted by Gasteiger charge is -2.17. The normalized spacial score (nSPS) is 12.5. The molecule has 0 fully saturated rings. The number of carbonyl (C=O) groups excluding carboxylic acids is 1. The Morgan fingerprint density at radius 3 is 2.71 bits per heavy atom. The molecule has 0 saturated heterocycles. The summed E-state index contributed by atoms with van der Waals surface area (Å²) in [5.74, 6) is 0.128. The Morgan fingerprint density at radius 2 is 1.95 bits per heavy atom. The fourth-order valence-electron chi connectivity index (χ4n) is 4.49. The van der Waals surface area contributed by atoms with Crippen LogP contribution in [0.1, 0.15) is 38.8 Å². The smallest absolute Gasteiger partial charge is 0.229 e. The number of halogens is 1. The van der Waals surface area contributed by atoms with Crippen LogP contribution in [0.25, 0.3) is 50.2 Å². The van der Waals surface area contributed by atoms with Gasteiger partial charge in [0.2, 0.25) is 5.91 Å². The van der Waals surface area contributed by atoms with Crippen molar-refractivity contribution >= 4 is 39.6 Å². The minimum absolute atomic E-state index is 0.124. The minimum atomic E-state index is -0.520. The number of H-pyrrole nitrogens is 2. The van der Waals surface area contributed by atoms with Gasteiger partial charge in [0.05, 0.1) is 28.4 Å². The van der Waals surface area contributed by atoms with Crippen LogP contribution in [0.2, 0.25) is 0 Å². The van der Waals surface area contributed by atoms with E-state index in [1.807, 2.05) is 59.0 Å². The van der Waals surface area contributed by atoms with Crippen LogP contribution in [0.3, 0.4) is 0 Å². The molecule has 4 N–H and O–H groups in total. The first-order valence-corrected chi connectivity index (χ1v) is 13.5. The quantitative estimate of drug-likeness (QED) is 0.169. The third-order valence-corrected chi connectivity index (χ3v) is 6.74. The number of carbonyl (C=O) groups is 1. The van der Waals surface area contributed by atoms with E-state index in [9.17, 15) is 9.18 Å². The molecule has 2 aromatic carbocycles. The highest BCUT2D eigenvalue weighted by molar-refractivity contribution is 5.97. The standard InChI is InChI=1S/C32H33FN8O/c1-18(13-35-14-19(2)37-31(42)32(3,4)5)21-7-8-26-24(12-21)29(41-40-26)30-38-27-17-36-16-25(28(27)39-30)22-9-20(15-34-6)10-23(33)11-22/h7-14,16-17,34H,2,15H2,1,3-6H3,(H,37,42)(H,38,39)(H,40,41)/b18-13+,35-14-. The molecule has 0 saturated carbocycles. The number of amides is 1. The van der Waals surface area contributed by atoms with Crippen molar-refractivity contribution in [3.8, 4) is 22.6 Å². The Kier molecular flexibility index (Phi) is 7.82. The van der Waals surface area contributed by atoms with Crippen molar-refractivity contribution in [3.63, 3.8) is 0 Å². The second-order valence-electron chi connectivity index (χ2n) is 11.2. The Labute approximate surface area is 243 Å². The Morgan fingerprint density at radius 1 is 1.14 bits per heavy atom. The molecule has 0 bridgehead atoms. The summed E-state index contributed by atoms with van der Waals surface area (Å²) in [7, 11) is 1.82. The van der Waals surface area contributed by atoms with Crippen LogP contribution in [0.4, 0.5) is 4.39 Å². The van der Waals surface area contributed by atoms with E-state index < -0.39 is 5.41 Å². The fourth-order valence-corrected chi connectivity index (χ4v) is 4.49. The lowest BCUT2D eigenvalue weighted by Crippen LogP contribution is -2.34. The molecule has 0 aliphatic heterocycles. The monoisotopic (exact) mass is 564 g/mol. The molecule has 0 atom stereocenters. The molecule has 5 rings (SSSR count). The number of aromatic nitrogens is 5. The van der Waals surface area contributed by atoms with Crippen LogP contribution >= 0.6 is 0 Å². The van der Waals surface area contributed by atoms with Gasteiger partial charge in [0, 0.05) is 41.5 Å². The van der Waals surface area contributed by atoms with Crippen LogP contribution in [0, 0.1) is 11.2 Å². The average Bonchev–Trinajstić information content (AvgIpc) is 3.56. The van der Waals surface area contributed by atoms with E-state index in [-0.39, 0.29) is 11.7 Å².